The number of nitrogens with zero attached hydrogens (tertiary/aromatic N) is 2. The second-order valence-electron chi connectivity index (χ2n) is 10.6. The zero-order chi connectivity index (χ0) is 33.1. The molecule has 1 aliphatic heterocycles. The number of carbonyl (C=O) groups excluding carboxylic acids is 1. The topological polar surface area (TPSA) is 81.9 Å². The van der Waals surface area contributed by atoms with E-state index in [1.165, 1.54) is 11.3 Å². The van der Waals surface area contributed by atoms with E-state index in [1.54, 1.807) is 11.5 Å². The Balaban J connectivity index is 1.45. The van der Waals surface area contributed by atoms with Crippen LogP contribution in [0.15, 0.2) is 117 Å². The number of allylic oxidation sites excluding steroid dienone is 1. The maximum absolute atomic E-state index is 14.3. The monoisotopic (exact) mass is 839 g/mol. The van der Waals surface area contributed by atoms with Crippen molar-refractivity contribution < 1.29 is 14.3 Å². The number of amides is 1. The van der Waals surface area contributed by atoms with Crippen LogP contribution in [0.5, 0.6) is 11.5 Å². The summed E-state index contributed by atoms with van der Waals surface area (Å²) in [6, 6.07) is 27.4. The fraction of sp³-hybridized carbons (Fsp3) is 0.139. The summed E-state index contributed by atoms with van der Waals surface area (Å²) in [7, 11) is 0. The minimum Gasteiger partial charge on any atom is -0.494 e. The van der Waals surface area contributed by atoms with Gasteiger partial charge in [0.15, 0.2) is 4.80 Å². The standard InChI is InChI=1S/C36H28BrClIN3O4S/c1-3-45-28-15-11-23(12-16-28)32-31(34(43)41-27-7-5-4-6-8-27)21(2)40-36-42(32)35(44)30(47-36)18-24-17-25(37)19-29(39)33(24)46-20-22-9-13-26(38)14-10-22/h4-19,32H,3,20H2,1-2H3,(H,41,43)/b30-18-/t32-/m0/s1. The third kappa shape index (κ3) is 7.40. The Morgan fingerprint density at radius 3 is 2.49 bits per heavy atom. The first-order valence-electron chi connectivity index (χ1n) is 14.7. The fourth-order valence-electron chi connectivity index (χ4n) is 5.28. The quantitative estimate of drug-likeness (QED) is 0.153. The molecular formula is C36H28BrClIN3O4S. The van der Waals surface area contributed by atoms with Crippen molar-refractivity contribution in [3.63, 3.8) is 0 Å². The Bertz CT molecular complexity index is 2170. The maximum atomic E-state index is 14.3. The number of ether oxygens (including phenoxy) is 2. The van der Waals surface area contributed by atoms with Gasteiger partial charge in [-0.25, -0.2) is 4.99 Å². The predicted octanol–water partition coefficient (Wildman–Crippen LogP) is 7.87. The van der Waals surface area contributed by atoms with Gasteiger partial charge in [0.1, 0.15) is 18.1 Å². The van der Waals surface area contributed by atoms with Gasteiger partial charge in [-0.05, 0) is 102 Å². The highest BCUT2D eigenvalue weighted by Crippen LogP contribution is 2.33. The number of hydrogen-bond acceptors (Lipinski definition) is 6. The molecule has 0 saturated heterocycles. The minimum atomic E-state index is -0.712. The number of fused-ring (bicyclic) bond motifs is 1. The molecule has 1 atom stereocenters. The summed E-state index contributed by atoms with van der Waals surface area (Å²) in [6.45, 7) is 4.58. The molecule has 0 bridgehead atoms. The van der Waals surface area contributed by atoms with Crippen molar-refractivity contribution in [2.75, 3.05) is 11.9 Å². The summed E-state index contributed by atoms with van der Waals surface area (Å²) in [5.74, 6) is 1.02. The van der Waals surface area contributed by atoms with Gasteiger partial charge < -0.3 is 14.8 Å². The zero-order valence-corrected chi connectivity index (χ0v) is 30.6. The molecule has 4 aromatic carbocycles. The summed E-state index contributed by atoms with van der Waals surface area (Å²) in [5.41, 5.74) is 3.77. The number of para-hydroxylation sites is 1. The normalized spacial score (nSPS) is 14.4. The van der Waals surface area contributed by atoms with Crippen LogP contribution in [0.4, 0.5) is 5.69 Å². The number of anilines is 1. The van der Waals surface area contributed by atoms with Crippen LogP contribution in [0.1, 0.15) is 36.6 Å². The predicted molar refractivity (Wildman–Crippen MR) is 199 cm³/mol. The van der Waals surface area contributed by atoms with Gasteiger partial charge in [-0.1, -0.05) is 81.3 Å². The van der Waals surface area contributed by atoms with Crippen LogP contribution < -0.4 is 29.7 Å². The van der Waals surface area contributed by atoms with Gasteiger partial charge in [0.2, 0.25) is 0 Å². The summed E-state index contributed by atoms with van der Waals surface area (Å²) in [6.07, 6.45) is 1.83. The molecule has 2 heterocycles. The van der Waals surface area contributed by atoms with E-state index in [2.05, 4.69) is 43.8 Å². The third-order valence-corrected chi connectivity index (χ3v) is 9.92. The van der Waals surface area contributed by atoms with Crippen molar-refractivity contribution in [1.82, 2.24) is 4.57 Å². The average Bonchev–Trinajstić information content (AvgIpc) is 3.35. The number of benzene rings is 4. The molecule has 11 heteroatoms. The molecule has 1 aliphatic rings. The highest BCUT2D eigenvalue weighted by atomic mass is 127. The van der Waals surface area contributed by atoms with Gasteiger partial charge in [-0.2, -0.15) is 0 Å². The Morgan fingerprint density at radius 1 is 1.06 bits per heavy atom. The van der Waals surface area contributed by atoms with Crippen molar-refractivity contribution in [2.45, 2.75) is 26.5 Å². The van der Waals surface area contributed by atoms with Gasteiger partial charge >= 0.3 is 0 Å². The molecule has 6 rings (SSSR count). The molecule has 0 spiro atoms. The van der Waals surface area contributed by atoms with Crippen LogP contribution in [0.25, 0.3) is 6.08 Å². The number of thiazole rings is 1. The Morgan fingerprint density at radius 2 is 1.79 bits per heavy atom. The third-order valence-electron chi connectivity index (χ3n) is 7.42. The molecule has 1 amide bonds. The number of rotatable bonds is 9. The lowest BCUT2D eigenvalue weighted by Gasteiger charge is -2.25. The van der Waals surface area contributed by atoms with Crippen molar-refractivity contribution in [3.8, 4) is 11.5 Å². The van der Waals surface area contributed by atoms with Crippen molar-refractivity contribution in [2.24, 2.45) is 4.99 Å². The molecule has 1 N–H and O–H groups in total. The van der Waals surface area contributed by atoms with Crippen LogP contribution in [0, 0.1) is 3.57 Å². The second kappa shape index (κ2) is 14.6. The van der Waals surface area contributed by atoms with Crippen LogP contribution in [-0.2, 0) is 11.4 Å². The lowest BCUT2D eigenvalue weighted by molar-refractivity contribution is -0.113. The Hall–Kier alpha value is -3.71. The van der Waals surface area contributed by atoms with Crippen molar-refractivity contribution in [3.05, 3.63) is 152 Å². The first kappa shape index (κ1) is 33.2. The molecule has 1 aromatic heterocycles. The Kier molecular flexibility index (Phi) is 10.3. The van der Waals surface area contributed by atoms with Crippen LogP contribution >= 0.6 is 61.5 Å². The molecule has 0 radical (unpaired) electrons. The number of aromatic nitrogens is 1. The summed E-state index contributed by atoms with van der Waals surface area (Å²) >= 11 is 13.2. The SMILES string of the molecule is CCOc1ccc([C@H]2C(C(=O)Nc3ccccc3)=C(C)N=c3s/c(=C\c4cc(Br)cc(I)c4OCc4ccc(Cl)cc4)c(=O)n32)cc1. The maximum Gasteiger partial charge on any atom is 0.271 e. The van der Waals surface area contributed by atoms with E-state index in [0.29, 0.717) is 56.0 Å². The van der Waals surface area contributed by atoms with E-state index in [-0.39, 0.29) is 11.5 Å². The fourth-order valence-corrected chi connectivity index (χ4v) is 8.15. The van der Waals surface area contributed by atoms with E-state index in [0.717, 1.165) is 24.7 Å². The van der Waals surface area contributed by atoms with Gasteiger partial charge in [-0.15, -0.1) is 0 Å². The second-order valence-corrected chi connectivity index (χ2v) is 14.1. The largest absolute Gasteiger partial charge is 0.494 e. The van der Waals surface area contributed by atoms with E-state index in [1.807, 2.05) is 104 Å². The highest BCUT2D eigenvalue weighted by Gasteiger charge is 2.32. The number of carbonyl (C=O) groups is 1. The van der Waals surface area contributed by atoms with E-state index in [9.17, 15) is 9.59 Å². The summed E-state index contributed by atoms with van der Waals surface area (Å²) in [4.78, 5) is 33.5. The van der Waals surface area contributed by atoms with Gasteiger partial charge in [0.05, 0.1) is 32.0 Å². The van der Waals surface area contributed by atoms with Crippen molar-refractivity contribution >= 4 is 79.1 Å². The van der Waals surface area contributed by atoms with Gasteiger partial charge in [-0.3, -0.25) is 14.2 Å². The average molecular weight is 841 g/mol. The molecule has 7 nitrogen and oxygen atoms in total. The van der Waals surface area contributed by atoms with Crippen molar-refractivity contribution in [1.29, 1.82) is 0 Å². The van der Waals surface area contributed by atoms with Gasteiger partial charge in [0, 0.05) is 20.7 Å². The molecule has 0 unspecified atom stereocenters. The molecule has 5 aromatic rings. The Labute approximate surface area is 302 Å². The molecule has 0 saturated carbocycles. The first-order valence-corrected chi connectivity index (χ1v) is 17.8. The molecule has 238 valence electrons. The first-order chi connectivity index (χ1) is 22.7. The zero-order valence-electron chi connectivity index (χ0n) is 25.3. The number of halogens is 3. The smallest absolute Gasteiger partial charge is 0.271 e. The lowest BCUT2D eigenvalue weighted by Crippen LogP contribution is -2.40. The number of nitrogens with one attached hydrogen (secondary N) is 1. The molecule has 47 heavy (non-hydrogen) atoms. The van der Waals surface area contributed by atoms with E-state index >= 15 is 0 Å². The van der Waals surface area contributed by atoms with E-state index in [4.69, 9.17) is 26.1 Å². The minimum absolute atomic E-state index is 0.260. The van der Waals surface area contributed by atoms with Crippen LogP contribution in [0.2, 0.25) is 5.02 Å². The summed E-state index contributed by atoms with van der Waals surface area (Å²) in [5, 5.41) is 3.64. The van der Waals surface area contributed by atoms with E-state index < -0.39 is 6.04 Å². The molecular weight excluding hydrogens is 813 g/mol. The molecule has 0 aliphatic carbocycles. The highest BCUT2D eigenvalue weighted by molar-refractivity contribution is 14.1. The lowest BCUT2D eigenvalue weighted by atomic mass is 9.95. The summed E-state index contributed by atoms with van der Waals surface area (Å²) < 4.78 is 15.8. The number of hydrogen-bond donors (Lipinski definition) is 1. The van der Waals surface area contributed by atoms with Gasteiger partial charge in [0.25, 0.3) is 11.5 Å². The van der Waals surface area contributed by atoms with Crippen LogP contribution in [0.3, 0.4) is 0 Å². The molecule has 0 fully saturated rings. The van der Waals surface area contributed by atoms with Crippen LogP contribution in [-0.4, -0.2) is 17.1 Å².